The van der Waals surface area contributed by atoms with Crippen molar-refractivity contribution >= 4 is 0 Å². The Kier molecular flexibility index (Phi) is 1.12. The van der Waals surface area contributed by atoms with Gasteiger partial charge in [-0.2, -0.15) is 0 Å². The smallest absolute Gasteiger partial charge is 0.212 e. The predicted molar refractivity (Wildman–Crippen MR) is 30.8 cm³/mol. The lowest BCUT2D eigenvalue weighted by molar-refractivity contribution is 0.398. The van der Waals surface area contributed by atoms with E-state index in [4.69, 9.17) is 6.11 Å². The molecule has 2 heteroatoms. The molecular weight excluding hydrogens is 102 g/mol. The predicted octanol–water partition coefficient (Wildman–Crippen LogP) is 1.09. The van der Waals surface area contributed by atoms with Crippen LogP contribution in [-0.2, 0) is 0 Å². The molecule has 42 valence electrons. The molecule has 0 fully saturated rings. The van der Waals surface area contributed by atoms with E-state index in [0.29, 0.717) is 11.9 Å². The Morgan fingerprint density at radius 1 is 1.88 bits per heavy atom. The van der Waals surface area contributed by atoms with Crippen LogP contribution in [0.2, 0.25) is 0 Å². The van der Waals surface area contributed by atoms with Gasteiger partial charge >= 0.3 is 0 Å². The first-order valence-electron chi connectivity index (χ1n) is 2.79. The van der Waals surface area contributed by atoms with Crippen molar-refractivity contribution in [3.63, 3.8) is 0 Å². The Morgan fingerprint density at radius 3 is 3.25 bits per heavy atom. The lowest BCUT2D eigenvalue weighted by atomic mass is 10.5. The van der Waals surface area contributed by atoms with Crippen LogP contribution in [0.4, 0.5) is 0 Å². The molecule has 0 saturated carbocycles. The summed E-state index contributed by atoms with van der Waals surface area (Å²) in [4.78, 5) is 3.79. The number of pyridine rings is 1. The molecule has 0 bridgehead atoms. The molecule has 8 heavy (non-hydrogen) atoms. The molecule has 1 heterocycles. The Labute approximate surface area is 49.5 Å². The first kappa shape index (κ1) is 3.89. The van der Waals surface area contributed by atoms with Gasteiger partial charge in [0.25, 0.3) is 0 Å². The first-order chi connectivity index (χ1) is 4.33. The second kappa shape index (κ2) is 2.31. The third-order valence-corrected chi connectivity index (χ3v) is 0.798. The molecule has 0 saturated heterocycles. The van der Waals surface area contributed by atoms with Crippen molar-refractivity contribution in [2.24, 2.45) is 0 Å². The van der Waals surface area contributed by atoms with Gasteiger partial charge in [0.15, 0.2) is 0 Å². The van der Waals surface area contributed by atoms with Crippen LogP contribution in [0.25, 0.3) is 0 Å². The Hall–Kier alpha value is -1.05. The van der Waals surface area contributed by atoms with Crippen LogP contribution in [0, 0.1) is 0 Å². The monoisotopic (exact) mass is 111 g/mol. The fraction of sp³-hybridized carbons (Fsp3) is 0.167. The second-order valence-electron chi connectivity index (χ2n) is 1.30. The van der Waals surface area contributed by atoms with Gasteiger partial charge in [-0.1, -0.05) is 6.07 Å². The van der Waals surface area contributed by atoms with E-state index < -0.39 is 0 Å². The van der Waals surface area contributed by atoms with Crippen molar-refractivity contribution in [1.82, 2.24) is 4.98 Å². The lowest BCUT2D eigenvalue weighted by Gasteiger charge is -1.92. The van der Waals surface area contributed by atoms with Gasteiger partial charge in [0, 0.05) is 12.3 Å². The van der Waals surface area contributed by atoms with Gasteiger partial charge in [-0.05, 0) is 6.04 Å². The highest BCUT2D eigenvalue weighted by molar-refractivity contribution is 5.08. The van der Waals surface area contributed by atoms with E-state index in [0.717, 1.165) is 0 Å². The van der Waals surface area contributed by atoms with Gasteiger partial charge in [-0.3, -0.25) is 0 Å². The van der Waals surface area contributed by atoms with Crippen molar-refractivity contribution in [1.29, 1.82) is 0 Å². The number of hydrogen-bond acceptors (Lipinski definition) is 2. The van der Waals surface area contributed by atoms with Crippen LogP contribution in [0.3, 0.4) is 0 Å². The zero-order valence-corrected chi connectivity index (χ0v) is 4.59. The molecular formula is C6H7NO. The molecule has 0 aliphatic rings. The number of hydrogen-bond donors (Lipinski definition) is 0. The van der Waals surface area contributed by atoms with Gasteiger partial charge in [0.2, 0.25) is 5.88 Å². The minimum Gasteiger partial charge on any atom is -0.481 e. The third-order valence-electron chi connectivity index (χ3n) is 0.798. The minimum atomic E-state index is 0.399. The molecule has 0 unspecified atom stereocenters. The Balaban J connectivity index is 2.88. The van der Waals surface area contributed by atoms with Gasteiger partial charge in [-0.15, -0.1) is 0 Å². The molecule has 0 aliphatic carbocycles. The first-order valence-corrected chi connectivity index (χ1v) is 2.29. The summed E-state index contributed by atoms with van der Waals surface area (Å²) in [5, 5.41) is 0. The largest absolute Gasteiger partial charge is 0.481 e. The summed E-state index contributed by atoms with van der Waals surface area (Å²) in [5.74, 6) is 0.547. The SMILES string of the molecule is [3H]c1ccc(OC)nc1. The summed E-state index contributed by atoms with van der Waals surface area (Å²) in [6.45, 7) is 0. The zero-order chi connectivity index (χ0) is 6.69. The molecule has 1 aromatic rings. The summed E-state index contributed by atoms with van der Waals surface area (Å²) in [6.07, 6.45) is 1.44. The zero-order valence-electron chi connectivity index (χ0n) is 5.59. The number of rotatable bonds is 1. The van der Waals surface area contributed by atoms with E-state index in [1.54, 1.807) is 19.2 Å². The Bertz CT molecular complexity index is 185. The molecule has 1 rings (SSSR count). The van der Waals surface area contributed by atoms with Crippen molar-refractivity contribution in [2.45, 2.75) is 0 Å². The molecule has 0 radical (unpaired) electrons. The quantitative estimate of drug-likeness (QED) is 0.541. The van der Waals surface area contributed by atoms with Crippen LogP contribution in [0.5, 0.6) is 5.88 Å². The van der Waals surface area contributed by atoms with E-state index >= 15 is 0 Å². The summed E-state index contributed by atoms with van der Waals surface area (Å²) < 4.78 is 11.8. The highest BCUT2D eigenvalue weighted by Gasteiger charge is 1.82. The van der Waals surface area contributed by atoms with E-state index in [1.807, 2.05) is 0 Å². The molecule has 1 aromatic heterocycles. The number of aromatic nitrogens is 1. The molecule has 0 aromatic carbocycles. The summed E-state index contributed by atoms with van der Waals surface area (Å²) in [7, 11) is 1.55. The van der Waals surface area contributed by atoms with Crippen molar-refractivity contribution < 1.29 is 6.11 Å². The second-order valence-corrected chi connectivity index (χ2v) is 1.30. The highest BCUT2D eigenvalue weighted by Crippen LogP contribution is 1.99. The standard InChI is InChI=1S/C6H7NO/c1-8-6-4-2-3-5-7-6/h2-5H,1H3/i3T. The molecule has 0 N–H and O–H groups in total. The number of nitrogens with zero attached hydrogens (tertiary/aromatic N) is 1. The number of ether oxygens (including phenoxy) is 1. The normalized spacial score (nSPS) is 10.4. The average Bonchev–Trinajstić information content (AvgIpc) is 1.90. The van der Waals surface area contributed by atoms with Crippen molar-refractivity contribution in [2.75, 3.05) is 7.11 Å². The van der Waals surface area contributed by atoms with Gasteiger partial charge in [0.1, 0.15) is 0 Å². The average molecular weight is 111 g/mol. The maximum atomic E-state index is 7.05. The lowest BCUT2D eigenvalue weighted by Crippen LogP contribution is -1.83. The molecule has 0 spiro atoms. The van der Waals surface area contributed by atoms with E-state index in [-0.39, 0.29) is 0 Å². The maximum Gasteiger partial charge on any atom is 0.212 e. The van der Waals surface area contributed by atoms with Crippen LogP contribution >= 0.6 is 0 Å². The molecule has 0 aliphatic heterocycles. The van der Waals surface area contributed by atoms with Gasteiger partial charge in [-0.25, -0.2) is 4.98 Å². The van der Waals surface area contributed by atoms with Crippen molar-refractivity contribution in [3.05, 3.63) is 24.4 Å². The summed E-state index contributed by atoms with van der Waals surface area (Å²) in [5.41, 5.74) is 0. The summed E-state index contributed by atoms with van der Waals surface area (Å²) in [6, 6.07) is 3.68. The third kappa shape index (κ3) is 0.964. The van der Waals surface area contributed by atoms with E-state index in [1.165, 1.54) is 6.20 Å². The topological polar surface area (TPSA) is 22.1 Å². The van der Waals surface area contributed by atoms with Crippen LogP contribution < -0.4 is 4.74 Å². The fourth-order valence-electron chi connectivity index (χ4n) is 0.427. The molecule has 0 atom stereocenters. The molecule has 2 nitrogen and oxygen atoms in total. The summed E-state index contributed by atoms with van der Waals surface area (Å²) >= 11 is 0. The number of methoxy groups -OCH3 is 1. The molecule has 0 amide bonds. The van der Waals surface area contributed by atoms with Gasteiger partial charge < -0.3 is 4.74 Å². The fourth-order valence-corrected chi connectivity index (χ4v) is 0.427. The van der Waals surface area contributed by atoms with E-state index in [2.05, 4.69) is 4.98 Å². The van der Waals surface area contributed by atoms with Crippen LogP contribution in [0.1, 0.15) is 1.37 Å². The minimum absolute atomic E-state index is 0.399. The van der Waals surface area contributed by atoms with Crippen LogP contribution in [0.15, 0.2) is 24.4 Å². The van der Waals surface area contributed by atoms with E-state index in [9.17, 15) is 0 Å². The Morgan fingerprint density at radius 2 is 2.75 bits per heavy atom. The van der Waals surface area contributed by atoms with Crippen molar-refractivity contribution in [3.8, 4) is 5.88 Å². The van der Waals surface area contributed by atoms with Crippen LogP contribution in [-0.4, -0.2) is 12.1 Å². The van der Waals surface area contributed by atoms with Gasteiger partial charge in [0.05, 0.1) is 8.48 Å². The highest BCUT2D eigenvalue weighted by atomic mass is 16.5. The maximum absolute atomic E-state index is 7.05.